The maximum absolute atomic E-state index is 12.7. The normalized spacial score (nSPS) is 12.5. The van der Waals surface area contributed by atoms with Gasteiger partial charge >= 0.3 is 0 Å². The third-order valence-corrected chi connectivity index (χ3v) is 6.67. The first-order chi connectivity index (χ1) is 14.1. The predicted octanol–water partition coefficient (Wildman–Crippen LogP) is 3.83. The molecule has 8 nitrogen and oxygen atoms in total. The van der Waals surface area contributed by atoms with Crippen LogP contribution in [0.25, 0.3) is 22.1 Å². The Hall–Kier alpha value is -2.59. The van der Waals surface area contributed by atoms with Crippen molar-refractivity contribution in [1.82, 2.24) is 29.9 Å². The molecule has 0 aliphatic heterocycles. The van der Waals surface area contributed by atoms with Gasteiger partial charge < -0.3 is 4.57 Å². The molecule has 0 aliphatic rings. The van der Waals surface area contributed by atoms with E-state index in [1.165, 1.54) is 23.1 Å². The molecule has 3 aromatic heterocycles. The van der Waals surface area contributed by atoms with Crippen LogP contribution in [0.3, 0.4) is 0 Å². The number of amides is 1. The molecule has 1 atom stereocenters. The summed E-state index contributed by atoms with van der Waals surface area (Å²) >= 11 is 2.73. The number of anilines is 1. The first-order valence-corrected chi connectivity index (χ1v) is 11.2. The number of aryl methyl sites for hydroxylation is 2. The number of hydrogen-bond acceptors (Lipinski definition) is 8. The minimum absolute atomic E-state index is 0.127. The van der Waals surface area contributed by atoms with E-state index in [4.69, 9.17) is 0 Å². The Morgan fingerprint density at radius 3 is 2.83 bits per heavy atom. The van der Waals surface area contributed by atoms with Crippen LogP contribution >= 0.6 is 23.1 Å². The molecule has 0 aliphatic carbocycles. The smallest absolute Gasteiger partial charge is 0.239 e. The molecule has 10 heteroatoms. The van der Waals surface area contributed by atoms with Gasteiger partial charge in [-0.05, 0) is 18.9 Å². The largest absolute Gasteiger partial charge is 0.327 e. The van der Waals surface area contributed by atoms with Crippen LogP contribution in [0.15, 0.2) is 29.4 Å². The van der Waals surface area contributed by atoms with Crippen molar-refractivity contribution in [2.75, 3.05) is 5.32 Å². The number of rotatable bonds is 7. The number of aromatic nitrogens is 6. The number of hydrogen-bond donors (Lipinski definition) is 1. The van der Waals surface area contributed by atoms with E-state index >= 15 is 0 Å². The molecular weight excluding hydrogens is 406 g/mol. The minimum Gasteiger partial charge on any atom is -0.327 e. The van der Waals surface area contributed by atoms with Gasteiger partial charge in [-0.3, -0.25) is 10.1 Å². The summed E-state index contributed by atoms with van der Waals surface area (Å²) < 4.78 is 2.00. The maximum atomic E-state index is 12.7. The van der Waals surface area contributed by atoms with E-state index in [9.17, 15) is 4.79 Å². The van der Waals surface area contributed by atoms with Crippen LogP contribution < -0.4 is 5.32 Å². The van der Waals surface area contributed by atoms with Gasteiger partial charge in [-0.25, -0.2) is 4.98 Å². The van der Waals surface area contributed by atoms with E-state index in [1.54, 1.807) is 0 Å². The first-order valence-electron chi connectivity index (χ1n) is 9.48. The Labute approximate surface area is 176 Å². The van der Waals surface area contributed by atoms with Gasteiger partial charge in [-0.15, -0.1) is 20.4 Å². The fourth-order valence-corrected chi connectivity index (χ4v) is 4.75. The lowest BCUT2D eigenvalue weighted by Gasteiger charge is -2.11. The Morgan fingerprint density at radius 2 is 2.03 bits per heavy atom. The number of benzene rings is 1. The zero-order chi connectivity index (χ0) is 20.4. The van der Waals surface area contributed by atoms with Crippen LogP contribution in [-0.4, -0.2) is 41.1 Å². The number of nitrogens with zero attached hydrogens (tertiary/aromatic N) is 6. The van der Waals surface area contributed by atoms with Gasteiger partial charge in [0.15, 0.2) is 5.65 Å². The summed E-state index contributed by atoms with van der Waals surface area (Å²) in [5, 5.41) is 22.3. The topological polar surface area (TPSA) is 98.5 Å². The van der Waals surface area contributed by atoms with Gasteiger partial charge in [0.25, 0.3) is 0 Å². The molecule has 1 amide bonds. The Kier molecular flexibility index (Phi) is 5.72. The van der Waals surface area contributed by atoms with Crippen molar-refractivity contribution in [3.05, 3.63) is 29.3 Å². The lowest BCUT2D eigenvalue weighted by Crippen LogP contribution is -2.24. The molecule has 150 valence electrons. The number of fused-ring (bicyclic) bond motifs is 3. The van der Waals surface area contributed by atoms with Crippen LogP contribution in [0, 0.1) is 0 Å². The molecule has 0 fully saturated rings. The molecule has 29 heavy (non-hydrogen) atoms. The molecule has 1 aromatic carbocycles. The monoisotopic (exact) mass is 427 g/mol. The van der Waals surface area contributed by atoms with E-state index in [2.05, 4.69) is 37.6 Å². The van der Waals surface area contributed by atoms with Gasteiger partial charge in [-0.2, -0.15) is 0 Å². The molecule has 4 rings (SSSR count). The molecule has 3 heterocycles. The number of carbonyl (C=O) groups is 1. The Bertz CT molecular complexity index is 1170. The molecule has 0 saturated heterocycles. The van der Waals surface area contributed by atoms with Gasteiger partial charge in [0.05, 0.1) is 10.8 Å². The second-order valence-electron chi connectivity index (χ2n) is 6.60. The summed E-state index contributed by atoms with van der Waals surface area (Å²) in [6, 6.07) is 8.00. The Balaban J connectivity index is 1.54. The quantitative estimate of drug-likeness (QED) is 0.448. The molecule has 0 unspecified atom stereocenters. The van der Waals surface area contributed by atoms with Gasteiger partial charge in [0.2, 0.25) is 16.2 Å². The standard InChI is InChI=1S/C19H21N7OS2/c1-4-8-14-22-24-19(29-14)21-17(27)13(5-2)28-18-20-16-15(23-25-18)11-9-6-7-10-12(11)26(16)3/h6-7,9-10,13H,4-5,8H2,1-3H3,(H,21,24,27)/t13-/m0/s1. The van der Waals surface area contributed by atoms with E-state index in [1.807, 2.05) is 42.8 Å². The average Bonchev–Trinajstić information content (AvgIpc) is 3.29. The minimum atomic E-state index is -0.345. The highest BCUT2D eigenvalue weighted by Gasteiger charge is 2.22. The van der Waals surface area contributed by atoms with Crippen molar-refractivity contribution in [2.45, 2.75) is 43.5 Å². The molecule has 0 saturated carbocycles. The summed E-state index contributed by atoms with van der Waals surface area (Å²) in [4.78, 5) is 17.4. The first kappa shape index (κ1) is 19.7. The highest BCUT2D eigenvalue weighted by molar-refractivity contribution is 8.00. The number of carbonyl (C=O) groups excluding carboxylic acids is 1. The summed E-state index contributed by atoms with van der Waals surface area (Å²) in [5.41, 5.74) is 2.57. The van der Waals surface area contributed by atoms with Crippen LogP contribution in [-0.2, 0) is 18.3 Å². The van der Waals surface area contributed by atoms with Crippen molar-refractivity contribution in [3.8, 4) is 0 Å². The lowest BCUT2D eigenvalue weighted by atomic mass is 10.2. The molecule has 0 radical (unpaired) electrons. The summed E-state index contributed by atoms with van der Waals surface area (Å²) in [5.74, 6) is -0.127. The molecule has 1 N–H and O–H groups in total. The van der Waals surface area contributed by atoms with E-state index in [0.29, 0.717) is 16.7 Å². The molecule has 4 aromatic rings. The van der Waals surface area contributed by atoms with E-state index in [-0.39, 0.29) is 11.2 Å². The van der Waals surface area contributed by atoms with Crippen molar-refractivity contribution in [3.63, 3.8) is 0 Å². The number of para-hydroxylation sites is 1. The highest BCUT2D eigenvalue weighted by Crippen LogP contribution is 2.28. The third-order valence-electron chi connectivity index (χ3n) is 4.56. The maximum Gasteiger partial charge on any atom is 0.239 e. The van der Waals surface area contributed by atoms with Crippen LogP contribution in [0.4, 0.5) is 5.13 Å². The molecular formula is C19H21N7OS2. The second-order valence-corrected chi connectivity index (χ2v) is 8.83. The molecule has 0 bridgehead atoms. The third kappa shape index (κ3) is 3.95. The van der Waals surface area contributed by atoms with E-state index in [0.717, 1.165) is 39.9 Å². The van der Waals surface area contributed by atoms with Crippen molar-refractivity contribution in [1.29, 1.82) is 0 Å². The molecule has 0 spiro atoms. The van der Waals surface area contributed by atoms with Crippen LogP contribution in [0.1, 0.15) is 31.7 Å². The van der Waals surface area contributed by atoms with Crippen molar-refractivity contribution in [2.24, 2.45) is 7.05 Å². The number of thioether (sulfide) groups is 1. The summed E-state index contributed by atoms with van der Waals surface area (Å²) in [7, 11) is 1.96. The summed E-state index contributed by atoms with van der Waals surface area (Å²) in [6.07, 6.45) is 2.49. The summed E-state index contributed by atoms with van der Waals surface area (Å²) in [6.45, 7) is 4.05. The zero-order valence-corrected chi connectivity index (χ0v) is 18.0. The van der Waals surface area contributed by atoms with Gasteiger partial charge in [-0.1, -0.05) is 55.1 Å². The fraction of sp³-hybridized carbons (Fsp3) is 0.368. The Morgan fingerprint density at radius 1 is 1.21 bits per heavy atom. The fourth-order valence-electron chi connectivity index (χ4n) is 3.10. The van der Waals surface area contributed by atoms with Gasteiger partial charge in [0, 0.05) is 18.9 Å². The van der Waals surface area contributed by atoms with Crippen LogP contribution in [0.2, 0.25) is 0 Å². The average molecular weight is 428 g/mol. The number of nitrogens with one attached hydrogen (secondary N) is 1. The highest BCUT2D eigenvalue weighted by atomic mass is 32.2. The SMILES string of the molecule is CCCc1nnc(NC(=O)[C@H](CC)Sc2nnc3c4ccccc4n(C)c3n2)s1. The van der Waals surface area contributed by atoms with E-state index < -0.39 is 0 Å². The lowest BCUT2D eigenvalue weighted by molar-refractivity contribution is -0.115. The zero-order valence-electron chi connectivity index (χ0n) is 16.4. The predicted molar refractivity (Wildman–Crippen MR) is 116 cm³/mol. The van der Waals surface area contributed by atoms with Gasteiger partial charge in [0.1, 0.15) is 10.5 Å². The van der Waals surface area contributed by atoms with Crippen molar-refractivity contribution < 1.29 is 4.79 Å². The van der Waals surface area contributed by atoms with Crippen LogP contribution in [0.5, 0.6) is 0 Å². The van der Waals surface area contributed by atoms with Crippen molar-refractivity contribution >= 4 is 56.2 Å². The second kappa shape index (κ2) is 8.42.